The van der Waals surface area contributed by atoms with Crippen molar-refractivity contribution >= 4 is 34.9 Å². The molecule has 2 aliphatic rings. The molecule has 2 fully saturated rings. The summed E-state index contributed by atoms with van der Waals surface area (Å²) in [6, 6.07) is 5.71. The normalized spacial score (nSPS) is 18.0. The van der Waals surface area contributed by atoms with E-state index in [2.05, 4.69) is 25.4 Å². The van der Waals surface area contributed by atoms with E-state index in [1.807, 2.05) is 6.07 Å². The quantitative estimate of drug-likeness (QED) is 0.354. The topological polar surface area (TPSA) is 106 Å². The molecule has 9 nitrogen and oxygen atoms in total. The van der Waals surface area contributed by atoms with Gasteiger partial charge in [0.05, 0.1) is 41.5 Å². The number of anilines is 2. The number of benzene rings is 1. The lowest BCUT2D eigenvalue weighted by Crippen LogP contribution is -2.28. The van der Waals surface area contributed by atoms with Gasteiger partial charge in [0.15, 0.2) is 5.82 Å². The molecule has 198 valence electrons. The van der Waals surface area contributed by atoms with Crippen LogP contribution >= 0.6 is 11.6 Å². The molecule has 1 aliphatic carbocycles. The van der Waals surface area contributed by atoms with Gasteiger partial charge in [-0.25, -0.2) is 23.1 Å². The first-order chi connectivity index (χ1) is 18.8. The minimum atomic E-state index is -2.99. The Balaban J connectivity index is 1.14. The van der Waals surface area contributed by atoms with E-state index in [0.29, 0.717) is 30.5 Å². The number of aromatic nitrogens is 5. The van der Waals surface area contributed by atoms with Crippen LogP contribution in [0.4, 0.5) is 24.7 Å². The minimum Gasteiger partial charge on any atom is -0.318 e. The fourth-order valence-electron chi connectivity index (χ4n) is 4.65. The van der Waals surface area contributed by atoms with Gasteiger partial charge < -0.3 is 5.32 Å². The molecule has 0 radical (unpaired) electrons. The van der Waals surface area contributed by atoms with E-state index in [1.54, 1.807) is 28.0 Å². The number of nitrogens with one attached hydrogen (secondary N) is 1. The summed E-state index contributed by atoms with van der Waals surface area (Å²) in [6.45, 7) is 1.08. The summed E-state index contributed by atoms with van der Waals surface area (Å²) in [5, 5.41) is 6.49. The molecule has 3 aromatic heterocycles. The molecule has 4 heterocycles. The molecule has 2 atom stereocenters. The number of carbonyl (C=O) groups excluding carboxylic acids is 2. The van der Waals surface area contributed by atoms with Crippen LogP contribution in [-0.4, -0.2) is 43.1 Å². The van der Waals surface area contributed by atoms with E-state index in [-0.39, 0.29) is 28.2 Å². The largest absolute Gasteiger partial charge is 0.318 e. The number of hydrogen-bond donors (Lipinski definition) is 1. The van der Waals surface area contributed by atoms with Crippen molar-refractivity contribution in [3.8, 4) is 11.3 Å². The highest BCUT2D eigenvalue weighted by Crippen LogP contribution is 2.47. The number of rotatable bonds is 7. The predicted molar refractivity (Wildman–Crippen MR) is 135 cm³/mol. The Morgan fingerprint density at radius 2 is 2.00 bits per heavy atom. The Bertz CT molecular complexity index is 1590. The van der Waals surface area contributed by atoms with E-state index in [9.17, 15) is 22.8 Å². The van der Waals surface area contributed by atoms with E-state index >= 15 is 0 Å². The number of carbonyl (C=O) groups is 2. The average molecular weight is 554 g/mol. The van der Waals surface area contributed by atoms with Crippen LogP contribution in [0.25, 0.3) is 11.3 Å². The number of nitrogens with zero attached hydrogens (tertiary/aromatic N) is 6. The van der Waals surface area contributed by atoms with Crippen LogP contribution in [0, 0.1) is 17.7 Å². The molecule has 6 rings (SSSR count). The third kappa shape index (κ3) is 4.83. The molecular weight excluding hydrogens is 535 g/mol. The zero-order chi connectivity index (χ0) is 27.3. The molecular formula is C26H19ClF3N7O2. The highest BCUT2D eigenvalue weighted by atomic mass is 35.5. The number of halogens is 4. The monoisotopic (exact) mass is 553 g/mol. The number of amides is 2. The summed E-state index contributed by atoms with van der Waals surface area (Å²) in [5.41, 5.74) is -0.408. The maximum absolute atomic E-state index is 14.6. The average Bonchev–Trinajstić information content (AvgIpc) is 3.46. The van der Waals surface area contributed by atoms with Gasteiger partial charge in [0.1, 0.15) is 11.5 Å². The summed E-state index contributed by atoms with van der Waals surface area (Å²) >= 11 is 5.78. The Hall–Kier alpha value is -4.32. The third-order valence-corrected chi connectivity index (χ3v) is 7.02. The number of pyridine rings is 1. The minimum absolute atomic E-state index is 0.134. The van der Waals surface area contributed by atoms with Crippen molar-refractivity contribution in [1.29, 1.82) is 0 Å². The fourth-order valence-corrected chi connectivity index (χ4v) is 4.81. The van der Waals surface area contributed by atoms with Gasteiger partial charge in [-0.2, -0.15) is 5.10 Å². The van der Waals surface area contributed by atoms with Gasteiger partial charge >= 0.3 is 0 Å². The van der Waals surface area contributed by atoms with Gasteiger partial charge in [0.25, 0.3) is 12.3 Å². The number of piperidine rings is 1. The smallest absolute Gasteiger partial charge is 0.275 e. The van der Waals surface area contributed by atoms with Crippen molar-refractivity contribution in [1.82, 2.24) is 24.7 Å². The standard InChI is InChI=1S/C26H19ClF3N7O2/c27-18-3-2-16(24(29)30)22(23(18)28)19-8-31-9-20(35-19)25(38)34-15-7-33-36(12-15)10-13-1-4-21(32-6-13)37-11-14-5-17(14)26(37)39/h1-4,6-9,12,14,17,24H,5,10-11H2,(H,34,38)/t14-,17-/m1/s1. The number of hydrogen-bond acceptors (Lipinski definition) is 6. The van der Waals surface area contributed by atoms with E-state index < -0.39 is 29.3 Å². The third-order valence-electron chi connectivity index (χ3n) is 6.73. The summed E-state index contributed by atoms with van der Waals surface area (Å²) in [5.74, 6) is -0.386. The lowest BCUT2D eigenvalue weighted by Gasteiger charge is -2.17. The van der Waals surface area contributed by atoms with Gasteiger partial charge in [-0.15, -0.1) is 0 Å². The summed E-state index contributed by atoms with van der Waals surface area (Å²) in [4.78, 5) is 39.1. The Morgan fingerprint density at radius 3 is 2.72 bits per heavy atom. The maximum atomic E-state index is 14.6. The molecule has 1 saturated heterocycles. The SMILES string of the molecule is O=C(Nc1cnn(Cc2ccc(N3C[C@H]4C[C@H]4C3=O)nc2)c1)c1cncc(-c2c(C(F)F)ccc(Cl)c2F)n1. The van der Waals surface area contributed by atoms with Gasteiger partial charge in [0, 0.05) is 36.0 Å². The van der Waals surface area contributed by atoms with Gasteiger partial charge in [0.2, 0.25) is 5.91 Å². The van der Waals surface area contributed by atoms with E-state index in [1.165, 1.54) is 6.20 Å². The van der Waals surface area contributed by atoms with E-state index in [0.717, 1.165) is 36.5 Å². The maximum Gasteiger partial charge on any atom is 0.275 e. The fraction of sp³-hybridized carbons (Fsp3) is 0.231. The highest BCUT2D eigenvalue weighted by Gasteiger charge is 2.52. The summed E-state index contributed by atoms with van der Waals surface area (Å²) in [6.07, 6.45) is 4.90. The van der Waals surface area contributed by atoms with Gasteiger partial charge in [-0.05, 0) is 30.0 Å². The first kappa shape index (κ1) is 25.0. The summed E-state index contributed by atoms with van der Waals surface area (Å²) < 4.78 is 43.2. The molecule has 39 heavy (non-hydrogen) atoms. The van der Waals surface area contributed by atoms with Crippen LogP contribution < -0.4 is 10.2 Å². The first-order valence-corrected chi connectivity index (χ1v) is 12.3. The Morgan fingerprint density at radius 1 is 1.15 bits per heavy atom. The van der Waals surface area contributed by atoms with Crippen LogP contribution in [0.5, 0.6) is 0 Å². The molecule has 1 aromatic carbocycles. The Labute approximate surface area is 224 Å². The van der Waals surface area contributed by atoms with Crippen molar-refractivity contribution in [2.24, 2.45) is 11.8 Å². The molecule has 4 aromatic rings. The number of alkyl halides is 2. The van der Waals surface area contributed by atoms with Crippen LogP contribution in [0.3, 0.4) is 0 Å². The molecule has 1 saturated carbocycles. The lowest BCUT2D eigenvalue weighted by molar-refractivity contribution is -0.118. The molecule has 0 unspecified atom stereocenters. The van der Waals surface area contributed by atoms with Crippen LogP contribution in [-0.2, 0) is 11.3 Å². The second-order valence-electron chi connectivity index (χ2n) is 9.37. The lowest BCUT2D eigenvalue weighted by atomic mass is 10.0. The van der Waals surface area contributed by atoms with Crippen molar-refractivity contribution in [2.45, 2.75) is 19.4 Å². The van der Waals surface area contributed by atoms with Crippen LogP contribution in [0.2, 0.25) is 5.02 Å². The zero-order valence-corrected chi connectivity index (χ0v) is 20.8. The molecule has 1 aliphatic heterocycles. The second-order valence-corrected chi connectivity index (χ2v) is 9.78. The van der Waals surface area contributed by atoms with Gasteiger partial charge in [-0.1, -0.05) is 23.7 Å². The number of fused-ring (bicyclic) bond motifs is 1. The summed E-state index contributed by atoms with van der Waals surface area (Å²) in [7, 11) is 0. The zero-order valence-electron chi connectivity index (χ0n) is 20.1. The molecule has 13 heteroatoms. The van der Waals surface area contributed by atoms with Gasteiger partial charge in [-0.3, -0.25) is 24.2 Å². The highest BCUT2D eigenvalue weighted by molar-refractivity contribution is 6.31. The van der Waals surface area contributed by atoms with E-state index in [4.69, 9.17) is 11.6 Å². The molecule has 2 amide bonds. The predicted octanol–water partition coefficient (Wildman–Crippen LogP) is 4.75. The molecule has 0 bridgehead atoms. The van der Waals surface area contributed by atoms with Crippen molar-refractivity contribution in [3.63, 3.8) is 0 Å². The van der Waals surface area contributed by atoms with Crippen molar-refractivity contribution < 1.29 is 22.8 Å². The molecule has 0 spiro atoms. The van der Waals surface area contributed by atoms with Crippen molar-refractivity contribution in [3.05, 3.63) is 82.9 Å². The van der Waals surface area contributed by atoms with Crippen LogP contribution in [0.1, 0.15) is 34.5 Å². The Kier molecular flexibility index (Phi) is 6.26. The van der Waals surface area contributed by atoms with Crippen molar-refractivity contribution in [2.75, 3.05) is 16.8 Å². The first-order valence-electron chi connectivity index (χ1n) is 12.0. The molecule has 1 N–H and O–H groups in total. The second kappa shape index (κ2) is 9.77. The van der Waals surface area contributed by atoms with Crippen LogP contribution in [0.15, 0.2) is 55.2 Å².